The molecule has 0 bridgehead atoms. The van der Waals surface area contributed by atoms with Crippen LogP contribution < -0.4 is 5.73 Å². The van der Waals surface area contributed by atoms with Crippen LogP contribution in [0.5, 0.6) is 0 Å². The molecule has 0 saturated carbocycles. The van der Waals surface area contributed by atoms with Crippen molar-refractivity contribution in [3.63, 3.8) is 0 Å². The van der Waals surface area contributed by atoms with Crippen LogP contribution in [0.15, 0.2) is 29.4 Å². The highest BCUT2D eigenvalue weighted by molar-refractivity contribution is 5.57. The molecular formula is C7H6N4O. The summed E-state index contributed by atoms with van der Waals surface area (Å²) in [5, 5.41) is 22.0. The highest BCUT2D eigenvalue weighted by atomic mass is 16.5. The fraction of sp³-hybridized carbons (Fsp3) is 0. The number of para-hydroxylation sites is 2. The number of nitrogen functional groups attached to an aromatic ring is 1. The normalized spacial score (nSPS) is 10.8. The molecule has 0 aromatic heterocycles. The van der Waals surface area contributed by atoms with Gasteiger partial charge in [-0.15, -0.1) is 0 Å². The average molecular weight is 162 g/mol. The summed E-state index contributed by atoms with van der Waals surface area (Å²) in [5.74, 6) is 0. The van der Waals surface area contributed by atoms with Gasteiger partial charge in [0.15, 0.2) is 0 Å². The van der Waals surface area contributed by atoms with E-state index >= 15 is 0 Å². The summed E-state index contributed by atoms with van der Waals surface area (Å²) >= 11 is 0. The Balaban J connectivity index is 3.13. The third-order valence-corrected chi connectivity index (χ3v) is 1.28. The van der Waals surface area contributed by atoms with Gasteiger partial charge in [0.05, 0.1) is 5.11 Å². The van der Waals surface area contributed by atoms with Crippen LogP contribution in [0, 0.1) is 16.7 Å². The molecule has 12 heavy (non-hydrogen) atoms. The minimum absolute atomic E-state index is 0.180. The van der Waals surface area contributed by atoms with Gasteiger partial charge < -0.3 is 10.9 Å². The van der Waals surface area contributed by atoms with Crippen LogP contribution in [0.1, 0.15) is 0 Å². The van der Waals surface area contributed by atoms with Crippen LogP contribution in [-0.4, -0.2) is 4.86 Å². The average Bonchev–Trinajstić information content (AvgIpc) is 2.05. The molecule has 1 rings (SSSR count). The van der Waals surface area contributed by atoms with E-state index in [0.29, 0.717) is 5.69 Å². The SMILES string of the molecule is N#CN=[N+]([O-])c1ccccc1N. The number of nitrogens with two attached hydrogens (primary N) is 1. The molecule has 0 fully saturated rings. The number of nitriles is 1. The minimum Gasteiger partial charge on any atom is -0.593 e. The summed E-state index contributed by atoms with van der Waals surface area (Å²) in [4.78, 5) is 0.190. The highest BCUT2D eigenvalue weighted by Crippen LogP contribution is 2.19. The molecule has 60 valence electrons. The van der Waals surface area contributed by atoms with Gasteiger partial charge in [0.25, 0.3) is 11.9 Å². The molecule has 0 unspecified atom stereocenters. The van der Waals surface area contributed by atoms with Crippen molar-refractivity contribution in [1.82, 2.24) is 0 Å². The molecule has 1 aromatic rings. The molecule has 0 atom stereocenters. The first-order chi connectivity index (χ1) is 5.75. The van der Waals surface area contributed by atoms with E-state index in [0.717, 1.165) is 0 Å². The molecule has 0 heterocycles. The Bertz CT molecular complexity index is 353. The summed E-state index contributed by atoms with van der Waals surface area (Å²) in [6, 6.07) is 6.39. The zero-order chi connectivity index (χ0) is 8.97. The number of hydrogen-bond acceptors (Lipinski definition) is 4. The lowest BCUT2D eigenvalue weighted by atomic mass is 10.3. The molecule has 0 aliphatic carbocycles. The van der Waals surface area contributed by atoms with Crippen LogP contribution in [0.3, 0.4) is 0 Å². The van der Waals surface area contributed by atoms with Gasteiger partial charge in [-0.3, -0.25) is 0 Å². The van der Waals surface area contributed by atoms with Gasteiger partial charge >= 0.3 is 0 Å². The number of nitrogens with zero attached hydrogens (tertiary/aromatic N) is 3. The predicted octanol–water partition coefficient (Wildman–Crippen LogP) is 1.34. The van der Waals surface area contributed by atoms with Crippen molar-refractivity contribution in [2.24, 2.45) is 5.11 Å². The van der Waals surface area contributed by atoms with E-state index in [-0.39, 0.29) is 10.5 Å². The van der Waals surface area contributed by atoms with Crippen LogP contribution >= 0.6 is 0 Å². The van der Waals surface area contributed by atoms with Crippen molar-refractivity contribution in [3.8, 4) is 6.19 Å². The van der Waals surface area contributed by atoms with Gasteiger partial charge in [-0.1, -0.05) is 12.1 Å². The quantitative estimate of drug-likeness (QED) is 0.222. The first-order valence-corrected chi connectivity index (χ1v) is 3.17. The fourth-order valence-electron chi connectivity index (χ4n) is 0.756. The Morgan fingerprint density at radius 3 is 2.75 bits per heavy atom. The van der Waals surface area contributed by atoms with Crippen LogP contribution in [0.25, 0.3) is 0 Å². The number of hydrogen-bond donors (Lipinski definition) is 1. The number of rotatable bonds is 1. The first-order valence-electron chi connectivity index (χ1n) is 3.17. The van der Waals surface area contributed by atoms with Gasteiger partial charge in [0, 0.05) is 6.07 Å². The van der Waals surface area contributed by atoms with Gasteiger partial charge in [0.1, 0.15) is 5.69 Å². The van der Waals surface area contributed by atoms with E-state index in [1.807, 2.05) is 0 Å². The summed E-state index contributed by atoms with van der Waals surface area (Å²) in [6.07, 6.45) is 1.38. The molecule has 0 aliphatic rings. The van der Waals surface area contributed by atoms with Crippen LogP contribution in [0.4, 0.5) is 11.4 Å². The Morgan fingerprint density at radius 2 is 2.17 bits per heavy atom. The lowest BCUT2D eigenvalue weighted by Gasteiger charge is -1.98. The van der Waals surface area contributed by atoms with E-state index < -0.39 is 0 Å². The zero-order valence-electron chi connectivity index (χ0n) is 6.14. The third kappa shape index (κ3) is 1.49. The number of benzene rings is 1. The fourth-order valence-corrected chi connectivity index (χ4v) is 0.756. The van der Waals surface area contributed by atoms with Gasteiger partial charge in [-0.2, -0.15) is 5.26 Å². The minimum atomic E-state index is 0.180. The standard InChI is InChI=1S/C7H6N4O/c8-5-10-11(12)7-4-2-1-3-6(7)9/h1-4H,9H2. The molecule has 5 heteroatoms. The van der Waals surface area contributed by atoms with Crippen molar-refractivity contribution in [2.45, 2.75) is 0 Å². The van der Waals surface area contributed by atoms with Crippen LogP contribution in [0.2, 0.25) is 0 Å². The lowest BCUT2D eigenvalue weighted by molar-refractivity contribution is -0.434. The van der Waals surface area contributed by atoms with Crippen molar-refractivity contribution in [2.75, 3.05) is 5.73 Å². The Labute approximate surface area is 68.9 Å². The largest absolute Gasteiger partial charge is 0.593 e. The third-order valence-electron chi connectivity index (χ3n) is 1.28. The number of anilines is 1. The second kappa shape index (κ2) is 3.34. The summed E-state index contributed by atoms with van der Waals surface area (Å²) in [7, 11) is 0. The second-order valence-electron chi connectivity index (χ2n) is 2.03. The molecule has 1 aromatic carbocycles. The molecule has 0 aliphatic heterocycles. The Hall–Kier alpha value is -2.09. The van der Waals surface area contributed by atoms with Crippen molar-refractivity contribution in [1.29, 1.82) is 5.26 Å². The predicted molar refractivity (Wildman–Crippen MR) is 42.2 cm³/mol. The Kier molecular flexibility index (Phi) is 2.23. The topological polar surface area (TPSA) is 88.2 Å². The molecule has 0 saturated heterocycles. The van der Waals surface area contributed by atoms with E-state index in [9.17, 15) is 5.21 Å². The second-order valence-corrected chi connectivity index (χ2v) is 2.03. The van der Waals surface area contributed by atoms with E-state index in [1.165, 1.54) is 12.3 Å². The van der Waals surface area contributed by atoms with E-state index in [4.69, 9.17) is 11.0 Å². The Morgan fingerprint density at radius 1 is 1.50 bits per heavy atom. The lowest BCUT2D eigenvalue weighted by Crippen LogP contribution is -1.95. The molecule has 2 N–H and O–H groups in total. The molecule has 0 radical (unpaired) electrons. The van der Waals surface area contributed by atoms with Crippen molar-refractivity contribution >= 4 is 11.4 Å². The monoisotopic (exact) mass is 162 g/mol. The zero-order valence-corrected chi connectivity index (χ0v) is 6.14. The molecule has 0 spiro atoms. The maximum atomic E-state index is 10.9. The molecule has 0 amide bonds. The van der Waals surface area contributed by atoms with Crippen molar-refractivity contribution in [3.05, 3.63) is 29.5 Å². The highest BCUT2D eigenvalue weighted by Gasteiger charge is 2.06. The first kappa shape index (κ1) is 8.01. The maximum Gasteiger partial charge on any atom is 0.274 e. The van der Waals surface area contributed by atoms with Gasteiger partial charge in [0.2, 0.25) is 0 Å². The van der Waals surface area contributed by atoms with Crippen molar-refractivity contribution < 1.29 is 4.86 Å². The van der Waals surface area contributed by atoms with Gasteiger partial charge in [-0.25, -0.2) is 0 Å². The van der Waals surface area contributed by atoms with E-state index in [2.05, 4.69) is 5.11 Å². The smallest absolute Gasteiger partial charge is 0.274 e. The molecular weight excluding hydrogens is 156 g/mol. The summed E-state index contributed by atoms with van der Waals surface area (Å²) < 4.78 is 0. The van der Waals surface area contributed by atoms with E-state index in [1.54, 1.807) is 18.2 Å². The van der Waals surface area contributed by atoms with Gasteiger partial charge in [-0.05, 0) is 10.9 Å². The molecule has 5 nitrogen and oxygen atoms in total. The summed E-state index contributed by atoms with van der Waals surface area (Å²) in [5.41, 5.74) is 5.92. The summed E-state index contributed by atoms with van der Waals surface area (Å²) in [6.45, 7) is 0. The van der Waals surface area contributed by atoms with Crippen LogP contribution in [-0.2, 0) is 0 Å². The number of azo groups is 1. The maximum absolute atomic E-state index is 10.9.